The maximum atomic E-state index is 12.9. The Morgan fingerprint density at radius 2 is 1.79 bits per heavy atom. The van der Waals surface area contributed by atoms with E-state index in [2.05, 4.69) is 5.10 Å². The molecule has 3 aromatic rings. The summed E-state index contributed by atoms with van der Waals surface area (Å²) in [6.07, 6.45) is -4.80. The molecule has 0 fully saturated rings. The second-order valence-corrected chi connectivity index (χ2v) is 5.52. The molecule has 0 N–H and O–H groups in total. The summed E-state index contributed by atoms with van der Waals surface area (Å²) in [5.41, 5.74) is -2.81. The zero-order valence-electron chi connectivity index (χ0n) is 12.4. The van der Waals surface area contributed by atoms with E-state index in [9.17, 15) is 22.8 Å². The van der Waals surface area contributed by atoms with Crippen LogP contribution in [0.5, 0.6) is 0 Å². The zero-order valence-corrected chi connectivity index (χ0v) is 13.2. The first-order valence-corrected chi connectivity index (χ1v) is 7.02. The predicted molar refractivity (Wildman–Crippen MR) is 81.6 cm³/mol. The van der Waals surface area contributed by atoms with Crippen LogP contribution in [0.1, 0.15) is 5.69 Å². The van der Waals surface area contributed by atoms with Gasteiger partial charge in [-0.25, -0.2) is 9.36 Å². The number of hydrogen-bond donors (Lipinski definition) is 0. The first kappa shape index (κ1) is 16.3. The Balaban J connectivity index is 2.31. The largest absolute Gasteiger partial charge is 0.431 e. The molecular weight excluding hydrogens is 349 g/mol. The van der Waals surface area contributed by atoms with Crippen molar-refractivity contribution >= 4 is 22.5 Å². The average molecular weight is 359 g/mol. The first-order chi connectivity index (χ1) is 11.1. The molecule has 1 aromatic carbocycles. The highest BCUT2D eigenvalue weighted by atomic mass is 35.5. The molecule has 0 atom stereocenters. The molecule has 0 bridgehead atoms. The molecule has 6 nitrogen and oxygen atoms in total. The van der Waals surface area contributed by atoms with Gasteiger partial charge in [-0.2, -0.15) is 18.3 Å². The fourth-order valence-electron chi connectivity index (χ4n) is 2.48. The maximum Gasteiger partial charge on any atom is 0.431 e. The third-order valence-corrected chi connectivity index (χ3v) is 3.94. The molecule has 126 valence electrons. The van der Waals surface area contributed by atoms with Gasteiger partial charge in [-0.1, -0.05) is 11.6 Å². The molecule has 0 aliphatic carbocycles. The summed E-state index contributed by atoms with van der Waals surface area (Å²) in [7, 11) is 2.58. The van der Waals surface area contributed by atoms with Crippen molar-refractivity contribution in [3.05, 3.63) is 56.0 Å². The number of hydrogen-bond acceptors (Lipinski definition) is 3. The average Bonchev–Trinajstić information content (AvgIpc) is 2.76. The number of rotatable bonds is 1. The van der Waals surface area contributed by atoms with Gasteiger partial charge in [0.05, 0.1) is 11.2 Å². The lowest BCUT2D eigenvalue weighted by Gasteiger charge is -2.14. The summed E-state index contributed by atoms with van der Waals surface area (Å²) in [5, 5.41) is 4.84. The van der Waals surface area contributed by atoms with Crippen LogP contribution in [-0.4, -0.2) is 18.9 Å². The number of nitrogens with zero attached hydrogens (tertiary/aromatic N) is 4. The van der Waals surface area contributed by atoms with E-state index < -0.39 is 23.1 Å². The van der Waals surface area contributed by atoms with Crippen molar-refractivity contribution in [2.45, 2.75) is 6.18 Å². The Hall–Kier alpha value is -2.55. The SMILES string of the molecule is Cn1c(C(F)(F)F)cc(=O)n(-c2ccc3c(Cl)nn(C)c3c2)c1=O. The van der Waals surface area contributed by atoms with Gasteiger partial charge in [0.25, 0.3) is 5.56 Å². The minimum atomic E-state index is -4.80. The Labute approximate surface area is 137 Å². The summed E-state index contributed by atoms with van der Waals surface area (Å²) in [6.45, 7) is 0. The Kier molecular flexibility index (Phi) is 3.56. The standard InChI is InChI=1S/C14H10ClF3N4O2/c1-20-10(14(16,17)18)6-11(23)22(13(20)24)7-3-4-8-9(5-7)21(2)19-12(8)15/h3-6H,1-2H3. The van der Waals surface area contributed by atoms with Crippen LogP contribution in [0.4, 0.5) is 13.2 Å². The number of fused-ring (bicyclic) bond motifs is 1. The van der Waals surface area contributed by atoms with E-state index in [1.54, 1.807) is 13.1 Å². The number of aromatic nitrogens is 4. The first-order valence-electron chi connectivity index (χ1n) is 6.64. The molecule has 0 saturated heterocycles. The molecular formula is C14H10ClF3N4O2. The summed E-state index contributed by atoms with van der Waals surface area (Å²) < 4.78 is 41.1. The van der Waals surface area contributed by atoms with E-state index in [1.807, 2.05) is 0 Å². The highest BCUT2D eigenvalue weighted by Gasteiger charge is 2.35. The summed E-state index contributed by atoms with van der Waals surface area (Å²) >= 11 is 5.94. The highest BCUT2D eigenvalue weighted by Crippen LogP contribution is 2.27. The monoisotopic (exact) mass is 358 g/mol. The Bertz CT molecular complexity index is 1080. The smallest absolute Gasteiger partial charge is 0.292 e. The molecule has 0 spiro atoms. The van der Waals surface area contributed by atoms with Crippen LogP contribution in [0.2, 0.25) is 5.15 Å². The van der Waals surface area contributed by atoms with Gasteiger partial charge < -0.3 is 0 Å². The van der Waals surface area contributed by atoms with E-state index >= 15 is 0 Å². The van der Waals surface area contributed by atoms with Crippen molar-refractivity contribution in [2.75, 3.05) is 0 Å². The molecule has 0 unspecified atom stereocenters. The lowest BCUT2D eigenvalue weighted by molar-refractivity contribution is -0.144. The molecule has 0 aliphatic heterocycles. The van der Waals surface area contributed by atoms with E-state index in [0.717, 1.165) is 7.05 Å². The molecule has 0 amide bonds. The number of aryl methyl sites for hydroxylation is 1. The molecule has 10 heteroatoms. The van der Waals surface area contributed by atoms with Gasteiger partial charge in [0.15, 0.2) is 5.15 Å². The van der Waals surface area contributed by atoms with Gasteiger partial charge >= 0.3 is 11.9 Å². The minimum Gasteiger partial charge on any atom is -0.292 e. The van der Waals surface area contributed by atoms with Crippen molar-refractivity contribution < 1.29 is 13.2 Å². The van der Waals surface area contributed by atoms with Gasteiger partial charge in [0.1, 0.15) is 5.69 Å². The van der Waals surface area contributed by atoms with Crippen LogP contribution >= 0.6 is 11.6 Å². The quantitative estimate of drug-likeness (QED) is 0.669. The lowest BCUT2D eigenvalue weighted by atomic mass is 10.2. The van der Waals surface area contributed by atoms with Crippen molar-refractivity contribution in [1.82, 2.24) is 18.9 Å². The van der Waals surface area contributed by atoms with Crippen molar-refractivity contribution in [2.24, 2.45) is 14.1 Å². The van der Waals surface area contributed by atoms with Gasteiger partial charge in [-0.15, -0.1) is 0 Å². The third-order valence-electron chi connectivity index (χ3n) is 3.66. The van der Waals surface area contributed by atoms with Crippen LogP contribution in [0.25, 0.3) is 16.6 Å². The molecule has 24 heavy (non-hydrogen) atoms. The fourth-order valence-corrected chi connectivity index (χ4v) is 2.75. The van der Waals surface area contributed by atoms with E-state index in [0.29, 0.717) is 26.1 Å². The predicted octanol–water partition coefficient (Wildman–Crippen LogP) is 2.10. The lowest BCUT2D eigenvalue weighted by Crippen LogP contribution is -2.40. The molecule has 2 heterocycles. The van der Waals surface area contributed by atoms with Gasteiger partial charge in [-0.05, 0) is 18.2 Å². The van der Waals surface area contributed by atoms with Crippen LogP contribution in [0, 0.1) is 0 Å². The van der Waals surface area contributed by atoms with Gasteiger partial charge in [-0.3, -0.25) is 14.0 Å². The summed E-state index contributed by atoms with van der Waals surface area (Å²) in [6, 6.07) is 4.82. The van der Waals surface area contributed by atoms with E-state index in [4.69, 9.17) is 11.6 Å². The maximum absolute atomic E-state index is 12.9. The second kappa shape index (κ2) is 5.23. The normalized spacial score (nSPS) is 12.1. The number of benzene rings is 1. The molecule has 3 rings (SSSR count). The zero-order chi connectivity index (χ0) is 17.8. The van der Waals surface area contributed by atoms with Gasteiger partial charge in [0, 0.05) is 25.5 Å². The summed E-state index contributed by atoms with van der Waals surface area (Å²) in [4.78, 5) is 24.3. The number of alkyl halides is 3. The van der Waals surface area contributed by atoms with Crippen molar-refractivity contribution in [3.8, 4) is 5.69 Å². The molecule has 0 aliphatic rings. The van der Waals surface area contributed by atoms with E-state index in [1.165, 1.54) is 16.8 Å². The minimum absolute atomic E-state index is 0.126. The van der Waals surface area contributed by atoms with Gasteiger partial charge in [0.2, 0.25) is 0 Å². The Morgan fingerprint density at radius 3 is 2.42 bits per heavy atom. The van der Waals surface area contributed by atoms with E-state index in [-0.39, 0.29) is 10.8 Å². The topological polar surface area (TPSA) is 61.8 Å². The second-order valence-electron chi connectivity index (χ2n) is 5.16. The van der Waals surface area contributed by atoms with Crippen LogP contribution < -0.4 is 11.2 Å². The summed E-state index contributed by atoms with van der Waals surface area (Å²) in [5.74, 6) is 0. The molecule has 0 radical (unpaired) electrons. The molecule has 2 aromatic heterocycles. The molecule has 0 saturated carbocycles. The highest BCUT2D eigenvalue weighted by molar-refractivity contribution is 6.34. The van der Waals surface area contributed by atoms with Crippen LogP contribution in [0.3, 0.4) is 0 Å². The Morgan fingerprint density at radius 1 is 1.12 bits per heavy atom. The number of halogens is 4. The third kappa shape index (κ3) is 2.41. The van der Waals surface area contributed by atoms with Crippen molar-refractivity contribution in [1.29, 1.82) is 0 Å². The fraction of sp³-hybridized carbons (Fsp3) is 0.214. The van der Waals surface area contributed by atoms with Crippen molar-refractivity contribution in [3.63, 3.8) is 0 Å². The van der Waals surface area contributed by atoms with Crippen LogP contribution in [0.15, 0.2) is 33.9 Å². The van der Waals surface area contributed by atoms with Crippen LogP contribution in [-0.2, 0) is 20.3 Å².